The summed E-state index contributed by atoms with van der Waals surface area (Å²) < 4.78 is 8.75. The Kier molecular flexibility index (Phi) is 6.65. The minimum absolute atomic E-state index is 0.890. The smallest absolute Gasteiger partial charge is 0.137 e. The maximum Gasteiger partial charge on any atom is 0.137 e. The van der Waals surface area contributed by atoms with Crippen molar-refractivity contribution in [3.63, 3.8) is 0 Å². The summed E-state index contributed by atoms with van der Waals surface area (Å²) in [7, 11) is 0. The van der Waals surface area contributed by atoms with E-state index in [1.165, 1.54) is 21.9 Å². The zero-order valence-electron chi connectivity index (χ0n) is 27.8. The molecule has 0 amide bonds. The zero-order chi connectivity index (χ0) is 33.9. The molecular formula is C48H32N2O. The summed E-state index contributed by atoms with van der Waals surface area (Å²) in [6.45, 7) is 4.59. The lowest BCUT2D eigenvalue weighted by molar-refractivity contribution is 0.669. The third-order valence-electron chi connectivity index (χ3n) is 10.1. The van der Waals surface area contributed by atoms with E-state index in [1.54, 1.807) is 0 Å². The molecule has 3 nitrogen and oxygen atoms in total. The topological polar surface area (TPSA) is 21.3 Å². The lowest BCUT2D eigenvalue weighted by atomic mass is 9.95. The summed E-state index contributed by atoms with van der Waals surface area (Å²) in [6, 6.07) is 57.9. The van der Waals surface area contributed by atoms with Gasteiger partial charge in [-0.25, -0.2) is 0 Å². The standard InChI is InChI=1S/C48H32N2O/c1-32-29-36(27-28-49(43-21-10-8-19-39(32)43)38-18-12-15-34(30-38)33-13-4-2-5-14-33)35-23-25-44-42(31-35)40-24-26-46-47(41-20-9-11-22-45(41)51-46)48(40)50(44)37-16-6-3-7-17-37/h2-31H,1H2/b28-27-,36-29+. The molecule has 0 atom stereocenters. The molecule has 1 aliphatic rings. The SMILES string of the molecule is C=C1/C=C(c2ccc3c(c2)c2ccc4oc5ccccc5c4c2n3-c2ccccc2)\C=C/N(c2cccc(-c3ccccc3)c2)c2ccccc21. The van der Waals surface area contributed by atoms with Gasteiger partial charge in [0.2, 0.25) is 0 Å². The van der Waals surface area contributed by atoms with Crippen LogP contribution in [0.5, 0.6) is 0 Å². The highest BCUT2D eigenvalue weighted by molar-refractivity contribution is 6.24. The van der Waals surface area contributed by atoms with Crippen molar-refractivity contribution in [2.75, 3.05) is 4.90 Å². The van der Waals surface area contributed by atoms with Crippen LogP contribution in [0, 0.1) is 0 Å². The highest BCUT2D eigenvalue weighted by Crippen LogP contribution is 2.43. The third kappa shape index (κ3) is 4.74. The second-order valence-corrected chi connectivity index (χ2v) is 13.1. The van der Waals surface area contributed by atoms with Gasteiger partial charge < -0.3 is 13.9 Å². The Morgan fingerprint density at radius 2 is 1.25 bits per heavy atom. The Labute approximate surface area is 295 Å². The molecule has 3 heterocycles. The van der Waals surface area contributed by atoms with Gasteiger partial charge in [0.25, 0.3) is 0 Å². The highest BCUT2D eigenvalue weighted by atomic mass is 16.3. The van der Waals surface area contributed by atoms with Crippen molar-refractivity contribution in [2.45, 2.75) is 0 Å². The number of rotatable bonds is 4. The molecular weight excluding hydrogens is 621 g/mol. The van der Waals surface area contributed by atoms with E-state index >= 15 is 0 Å². The molecule has 0 unspecified atom stereocenters. The molecule has 3 heteroatoms. The van der Waals surface area contributed by atoms with E-state index in [4.69, 9.17) is 4.42 Å². The first-order valence-electron chi connectivity index (χ1n) is 17.3. The fourth-order valence-corrected chi connectivity index (χ4v) is 7.71. The lowest BCUT2D eigenvalue weighted by Crippen LogP contribution is -2.11. The molecule has 0 bridgehead atoms. The number of anilines is 2. The van der Waals surface area contributed by atoms with Crippen LogP contribution in [0.15, 0.2) is 193 Å². The number of furan rings is 1. The Bertz CT molecular complexity index is 2870. The average molecular weight is 653 g/mol. The molecule has 51 heavy (non-hydrogen) atoms. The minimum atomic E-state index is 0.890. The lowest BCUT2D eigenvalue weighted by Gasteiger charge is -2.26. The van der Waals surface area contributed by atoms with Crippen molar-refractivity contribution >= 4 is 66.3 Å². The first-order chi connectivity index (χ1) is 25.2. The van der Waals surface area contributed by atoms with E-state index in [0.29, 0.717) is 0 Å². The molecule has 0 saturated heterocycles. The van der Waals surface area contributed by atoms with Crippen molar-refractivity contribution in [1.82, 2.24) is 4.57 Å². The minimum Gasteiger partial charge on any atom is -0.456 e. The van der Waals surface area contributed by atoms with Crippen molar-refractivity contribution in [2.24, 2.45) is 0 Å². The molecule has 0 radical (unpaired) electrons. The number of fused-ring (bicyclic) bond motifs is 8. The number of benzene rings is 7. The first-order valence-corrected chi connectivity index (χ1v) is 17.3. The zero-order valence-corrected chi connectivity index (χ0v) is 27.8. The third-order valence-corrected chi connectivity index (χ3v) is 10.1. The molecule has 0 N–H and O–H groups in total. The van der Waals surface area contributed by atoms with Crippen molar-refractivity contribution in [3.05, 3.63) is 200 Å². The fraction of sp³-hybridized carbons (Fsp3) is 0. The summed E-state index contributed by atoms with van der Waals surface area (Å²) in [6.07, 6.45) is 6.63. The van der Waals surface area contributed by atoms with E-state index in [2.05, 4.69) is 192 Å². The quantitative estimate of drug-likeness (QED) is 0.189. The van der Waals surface area contributed by atoms with Crippen molar-refractivity contribution in [1.29, 1.82) is 0 Å². The van der Waals surface area contributed by atoms with Crippen LogP contribution < -0.4 is 4.90 Å². The molecule has 0 fully saturated rings. The predicted octanol–water partition coefficient (Wildman–Crippen LogP) is 13.1. The Morgan fingerprint density at radius 1 is 0.510 bits per heavy atom. The highest BCUT2D eigenvalue weighted by Gasteiger charge is 2.21. The number of hydrogen-bond donors (Lipinski definition) is 0. The second-order valence-electron chi connectivity index (χ2n) is 13.1. The van der Waals surface area contributed by atoms with Gasteiger partial charge >= 0.3 is 0 Å². The van der Waals surface area contributed by atoms with Crippen LogP contribution in [0.3, 0.4) is 0 Å². The number of hydrogen-bond acceptors (Lipinski definition) is 2. The molecule has 2 aromatic heterocycles. The van der Waals surface area contributed by atoms with Gasteiger partial charge in [0, 0.05) is 39.3 Å². The molecule has 1 aliphatic heterocycles. The Balaban J connectivity index is 1.17. The van der Waals surface area contributed by atoms with Gasteiger partial charge in [0.1, 0.15) is 11.2 Å². The Hall–Kier alpha value is -6.84. The number of allylic oxidation sites excluding steroid dienone is 4. The molecule has 10 rings (SSSR count). The summed E-state index contributed by atoms with van der Waals surface area (Å²) in [5.41, 5.74) is 14.0. The van der Waals surface area contributed by atoms with Crippen LogP contribution in [0.1, 0.15) is 11.1 Å². The van der Waals surface area contributed by atoms with E-state index in [1.807, 2.05) is 6.07 Å². The van der Waals surface area contributed by atoms with Gasteiger partial charge in [-0.15, -0.1) is 0 Å². The van der Waals surface area contributed by atoms with Gasteiger partial charge in [-0.1, -0.05) is 110 Å². The fourth-order valence-electron chi connectivity index (χ4n) is 7.71. The maximum absolute atomic E-state index is 6.37. The average Bonchev–Trinajstić information content (AvgIpc) is 3.73. The molecule has 9 aromatic rings. The van der Waals surface area contributed by atoms with Gasteiger partial charge in [0.05, 0.1) is 22.1 Å². The largest absolute Gasteiger partial charge is 0.456 e. The summed E-state index contributed by atoms with van der Waals surface area (Å²) in [5.74, 6) is 0. The number of nitrogens with zero attached hydrogens (tertiary/aromatic N) is 2. The van der Waals surface area contributed by atoms with Crippen LogP contribution in [0.2, 0.25) is 0 Å². The number of aromatic nitrogens is 1. The van der Waals surface area contributed by atoms with E-state index in [9.17, 15) is 0 Å². The second kappa shape index (κ2) is 11.6. The molecule has 0 aliphatic carbocycles. The monoisotopic (exact) mass is 652 g/mol. The molecule has 0 spiro atoms. The van der Waals surface area contributed by atoms with Gasteiger partial charge in [-0.2, -0.15) is 0 Å². The van der Waals surface area contributed by atoms with E-state index < -0.39 is 0 Å². The van der Waals surface area contributed by atoms with Gasteiger partial charge in [-0.3, -0.25) is 0 Å². The predicted molar refractivity (Wildman–Crippen MR) is 215 cm³/mol. The molecule has 0 saturated carbocycles. The Morgan fingerprint density at radius 3 is 2.14 bits per heavy atom. The summed E-state index contributed by atoms with van der Waals surface area (Å²) in [4.78, 5) is 2.28. The molecule has 7 aromatic carbocycles. The number of para-hydroxylation sites is 3. The van der Waals surface area contributed by atoms with Crippen molar-refractivity contribution < 1.29 is 4.42 Å². The van der Waals surface area contributed by atoms with Crippen LogP contribution >= 0.6 is 0 Å². The van der Waals surface area contributed by atoms with Crippen LogP contribution in [-0.4, -0.2) is 4.57 Å². The normalized spacial score (nSPS) is 14.8. The van der Waals surface area contributed by atoms with Gasteiger partial charge in [0.15, 0.2) is 0 Å². The molecule has 240 valence electrons. The van der Waals surface area contributed by atoms with Crippen LogP contribution in [0.25, 0.3) is 71.7 Å². The maximum atomic E-state index is 6.37. The summed E-state index contributed by atoms with van der Waals surface area (Å²) in [5, 5.41) is 4.63. The van der Waals surface area contributed by atoms with E-state index in [-0.39, 0.29) is 0 Å². The van der Waals surface area contributed by atoms with Crippen LogP contribution in [0.4, 0.5) is 11.4 Å². The van der Waals surface area contributed by atoms with E-state index in [0.717, 1.165) is 72.3 Å². The summed E-state index contributed by atoms with van der Waals surface area (Å²) >= 11 is 0. The van der Waals surface area contributed by atoms with Crippen molar-refractivity contribution in [3.8, 4) is 16.8 Å². The van der Waals surface area contributed by atoms with Gasteiger partial charge in [-0.05, 0) is 101 Å². The first kappa shape index (κ1) is 29.1. The van der Waals surface area contributed by atoms with Crippen LogP contribution in [-0.2, 0) is 0 Å².